The fraction of sp³-hybridized carbons (Fsp3) is 0.188. The SMILES string of the molecule is CCOc1cccc(C=CC(=O)c2ccc(C)o2)c1. The van der Waals surface area contributed by atoms with E-state index >= 15 is 0 Å². The van der Waals surface area contributed by atoms with Crippen LogP contribution < -0.4 is 4.74 Å². The number of hydrogen-bond acceptors (Lipinski definition) is 3. The van der Waals surface area contributed by atoms with Gasteiger partial charge in [0.25, 0.3) is 0 Å². The first-order chi connectivity index (χ1) is 9.19. The molecule has 0 aliphatic carbocycles. The van der Waals surface area contributed by atoms with E-state index in [1.54, 1.807) is 18.2 Å². The van der Waals surface area contributed by atoms with Crippen molar-refractivity contribution in [1.29, 1.82) is 0 Å². The van der Waals surface area contributed by atoms with Crippen molar-refractivity contribution in [2.45, 2.75) is 13.8 Å². The molecule has 98 valence electrons. The van der Waals surface area contributed by atoms with Gasteiger partial charge in [-0.3, -0.25) is 4.79 Å². The van der Waals surface area contributed by atoms with Gasteiger partial charge in [-0.2, -0.15) is 0 Å². The molecule has 3 nitrogen and oxygen atoms in total. The summed E-state index contributed by atoms with van der Waals surface area (Å²) in [5, 5.41) is 0. The standard InChI is InChI=1S/C16H16O3/c1-3-18-14-6-4-5-13(11-14)8-9-15(17)16-10-7-12(2)19-16/h4-11H,3H2,1-2H3. The number of hydrogen-bond donors (Lipinski definition) is 0. The highest BCUT2D eigenvalue weighted by Gasteiger charge is 2.05. The van der Waals surface area contributed by atoms with E-state index < -0.39 is 0 Å². The lowest BCUT2D eigenvalue weighted by Gasteiger charge is -2.02. The van der Waals surface area contributed by atoms with Crippen LogP contribution in [0.15, 0.2) is 46.9 Å². The van der Waals surface area contributed by atoms with E-state index in [1.807, 2.05) is 38.1 Å². The molecule has 1 heterocycles. The molecule has 0 aliphatic rings. The lowest BCUT2D eigenvalue weighted by atomic mass is 10.1. The van der Waals surface area contributed by atoms with Crippen LogP contribution in [0.4, 0.5) is 0 Å². The smallest absolute Gasteiger partial charge is 0.221 e. The molecule has 3 heteroatoms. The van der Waals surface area contributed by atoms with Crippen molar-refractivity contribution >= 4 is 11.9 Å². The van der Waals surface area contributed by atoms with Crippen LogP contribution in [0.2, 0.25) is 0 Å². The number of rotatable bonds is 5. The Balaban J connectivity index is 2.09. The molecule has 0 fully saturated rings. The van der Waals surface area contributed by atoms with Gasteiger partial charge < -0.3 is 9.15 Å². The number of allylic oxidation sites excluding steroid dienone is 1. The molecule has 0 unspecified atom stereocenters. The zero-order chi connectivity index (χ0) is 13.7. The number of ketones is 1. The van der Waals surface area contributed by atoms with Gasteiger partial charge in [0.2, 0.25) is 5.78 Å². The maximum absolute atomic E-state index is 11.8. The molecule has 1 aromatic carbocycles. The summed E-state index contributed by atoms with van der Waals surface area (Å²) < 4.78 is 10.7. The summed E-state index contributed by atoms with van der Waals surface area (Å²) in [5.74, 6) is 1.74. The Morgan fingerprint density at radius 2 is 2.16 bits per heavy atom. The average Bonchev–Trinajstić information content (AvgIpc) is 2.84. The zero-order valence-corrected chi connectivity index (χ0v) is 11.1. The Morgan fingerprint density at radius 1 is 1.32 bits per heavy atom. The highest BCUT2D eigenvalue weighted by molar-refractivity contribution is 6.04. The van der Waals surface area contributed by atoms with Crippen molar-refractivity contribution in [2.24, 2.45) is 0 Å². The summed E-state index contributed by atoms with van der Waals surface area (Å²) in [6, 6.07) is 11.0. The third-order valence-corrected chi connectivity index (χ3v) is 2.58. The van der Waals surface area contributed by atoms with Gasteiger partial charge in [-0.15, -0.1) is 0 Å². The highest BCUT2D eigenvalue weighted by atomic mass is 16.5. The number of furan rings is 1. The van der Waals surface area contributed by atoms with Gasteiger partial charge in [-0.1, -0.05) is 18.2 Å². The van der Waals surface area contributed by atoms with Crippen LogP contribution in [-0.2, 0) is 0 Å². The number of carbonyl (C=O) groups excluding carboxylic acids is 1. The van der Waals surface area contributed by atoms with Gasteiger partial charge in [0.05, 0.1) is 6.61 Å². The molecule has 0 atom stereocenters. The van der Waals surface area contributed by atoms with E-state index in [0.717, 1.165) is 17.1 Å². The van der Waals surface area contributed by atoms with E-state index in [0.29, 0.717) is 12.4 Å². The monoisotopic (exact) mass is 256 g/mol. The summed E-state index contributed by atoms with van der Waals surface area (Å²) in [4.78, 5) is 11.8. The predicted octanol–water partition coefficient (Wildman–Crippen LogP) is 3.88. The molecule has 0 aliphatic heterocycles. The van der Waals surface area contributed by atoms with Crippen LogP contribution in [0, 0.1) is 6.92 Å². The Hall–Kier alpha value is -2.29. The minimum atomic E-state index is -0.144. The zero-order valence-electron chi connectivity index (χ0n) is 11.1. The largest absolute Gasteiger partial charge is 0.494 e. The summed E-state index contributed by atoms with van der Waals surface area (Å²) in [7, 11) is 0. The van der Waals surface area contributed by atoms with Gasteiger partial charge in [0, 0.05) is 0 Å². The Kier molecular flexibility index (Phi) is 4.18. The quantitative estimate of drug-likeness (QED) is 0.602. The summed E-state index contributed by atoms with van der Waals surface area (Å²) >= 11 is 0. The van der Waals surface area contributed by atoms with E-state index in [-0.39, 0.29) is 5.78 Å². The normalized spacial score (nSPS) is 10.8. The Morgan fingerprint density at radius 3 is 2.84 bits per heavy atom. The van der Waals surface area contributed by atoms with Crippen LogP contribution in [0.1, 0.15) is 28.8 Å². The molecule has 2 rings (SSSR count). The predicted molar refractivity (Wildman–Crippen MR) is 74.4 cm³/mol. The maximum atomic E-state index is 11.8. The van der Waals surface area contributed by atoms with Crippen LogP contribution in [0.5, 0.6) is 5.75 Å². The maximum Gasteiger partial charge on any atom is 0.221 e. The molecule has 0 amide bonds. The van der Waals surface area contributed by atoms with Crippen LogP contribution in [0.25, 0.3) is 6.08 Å². The first-order valence-corrected chi connectivity index (χ1v) is 6.21. The van der Waals surface area contributed by atoms with Crippen molar-refractivity contribution in [3.8, 4) is 5.75 Å². The molecular weight excluding hydrogens is 240 g/mol. The topological polar surface area (TPSA) is 39.4 Å². The molecule has 0 spiro atoms. The first kappa shape index (κ1) is 13.1. The van der Waals surface area contributed by atoms with Crippen molar-refractivity contribution in [2.75, 3.05) is 6.61 Å². The Labute approximate surface area is 112 Å². The lowest BCUT2D eigenvalue weighted by Crippen LogP contribution is -1.92. The fourth-order valence-corrected chi connectivity index (χ4v) is 1.70. The van der Waals surface area contributed by atoms with Gasteiger partial charge in [-0.05, 0) is 49.8 Å². The molecule has 0 N–H and O–H groups in total. The summed E-state index contributed by atoms with van der Waals surface area (Å²) in [5.41, 5.74) is 0.919. The van der Waals surface area contributed by atoms with Crippen LogP contribution in [-0.4, -0.2) is 12.4 Å². The van der Waals surface area contributed by atoms with E-state index in [1.165, 1.54) is 6.08 Å². The van der Waals surface area contributed by atoms with Gasteiger partial charge >= 0.3 is 0 Å². The first-order valence-electron chi connectivity index (χ1n) is 6.21. The minimum Gasteiger partial charge on any atom is -0.494 e. The minimum absolute atomic E-state index is 0.144. The second-order valence-electron chi connectivity index (χ2n) is 4.11. The van der Waals surface area contributed by atoms with Crippen molar-refractivity contribution in [3.63, 3.8) is 0 Å². The molecule has 0 saturated carbocycles. The van der Waals surface area contributed by atoms with Gasteiger partial charge in [-0.25, -0.2) is 0 Å². The van der Waals surface area contributed by atoms with Gasteiger partial charge in [0.15, 0.2) is 5.76 Å². The molecule has 19 heavy (non-hydrogen) atoms. The van der Waals surface area contributed by atoms with E-state index in [4.69, 9.17) is 9.15 Å². The van der Waals surface area contributed by atoms with Crippen molar-refractivity contribution in [1.82, 2.24) is 0 Å². The third-order valence-electron chi connectivity index (χ3n) is 2.58. The number of carbonyl (C=O) groups is 1. The summed E-state index contributed by atoms with van der Waals surface area (Å²) in [6.45, 7) is 4.37. The Bertz CT molecular complexity index is 594. The number of ether oxygens (including phenoxy) is 1. The highest BCUT2D eigenvalue weighted by Crippen LogP contribution is 2.15. The van der Waals surface area contributed by atoms with Crippen molar-refractivity contribution < 1.29 is 13.9 Å². The van der Waals surface area contributed by atoms with Gasteiger partial charge in [0.1, 0.15) is 11.5 Å². The average molecular weight is 256 g/mol. The molecule has 2 aromatic rings. The van der Waals surface area contributed by atoms with Crippen LogP contribution >= 0.6 is 0 Å². The summed E-state index contributed by atoms with van der Waals surface area (Å²) in [6.07, 6.45) is 3.26. The molecule has 0 radical (unpaired) electrons. The molecule has 0 saturated heterocycles. The number of benzene rings is 1. The third kappa shape index (κ3) is 3.58. The van der Waals surface area contributed by atoms with E-state index in [9.17, 15) is 4.79 Å². The second-order valence-corrected chi connectivity index (χ2v) is 4.11. The fourth-order valence-electron chi connectivity index (χ4n) is 1.70. The lowest BCUT2D eigenvalue weighted by molar-refractivity contribution is 0.102. The molecular formula is C16H16O3. The van der Waals surface area contributed by atoms with Crippen LogP contribution in [0.3, 0.4) is 0 Å². The van der Waals surface area contributed by atoms with Crippen molar-refractivity contribution in [3.05, 3.63) is 59.6 Å². The van der Waals surface area contributed by atoms with E-state index in [2.05, 4.69) is 0 Å². The number of aryl methyl sites for hydroxylation is 1. The second kappa shape index (κ2) is 6.05. The molecule has 0 bridgehead atoms. The molecule has 1 aromatic heterocycles.